The van der Waals surface area contributed by atoms with Crippen LogP contribution in [0.4, 0.5) is 0 Å². The lowest BCUT2D eigenvalue weighted by Crippen LogP contribution is -2.61. The number of aliphatic hydroxyl groups is 3. The molecule has 0 aromatic heterocycles. The van der Waals surface area contributed by atoms with E-state index >= 15 is 0 Å². The highest BCUT2D eigenvalue weighted by atomic mass is 16.7. The Morgan fingerprint density at radius 3 is 2.39 bits per heavy atom. The highest BCUT2D eigenvalue weighted by Crippen LogP contribution is 2.37. The van der Waals surface area contributed by atoms with Crippen molar-refractivity contribution in [1.29, 1.82) is 0 Å². The van der Waals surface area contributed by atoms with Crippen molar-refractivity contribution in [3.8, 4) is 17.2 Å². The lowest BCUT2D eigenvalue weighted by molar-refractivity contribution is -0.271. The van der Waals surface area contributed by atoms with Crippen molar-refractivity contribution < 1.29 is 49.3 Å². The molecule has 0 saturated carbocycles. The van der Waals surface area contributed by atoms with Gasteiger partial charge in [0.2, 0.25) is 6.29 Å². The minimum atomic E-state index is -1.81. The molecule has 0 amide bonds. The number of fused-ring (bicyclic) bond motifs is 1. The summed E-state index contributed by atoms with van der Waals surface area (Å²) >= 11 is 0. The molecule has 2 aromatic rings. The summed E-state index contributed by atoms with van der Waals surface area (Å²) in [6.45, 7) is 0. The molecule has 2 aromatic carbocycles. The summed E-state index contributed by atoms with van der Waals surface area (Å²) in [7, 11) is 0. The van der Waals surface area contributed by atoms with Crippen molar-refractivity contribution in [2.24, 2.45) is 0 Å². The van der Waals surface area contributed by atoms with Crippen LogP contribution in [0.5, 0.6) is 17.2 Å². The number of carbonyl (C=O) groups is 2. The van der Waals surface area contributed by atoms with Gasteiger partial charge in [-0.25, -0.2) is 4.79 Å². The zero-order valence-electron chi connectivity index (χ0n) is 16.0. The summed E-state index contributed by atoms with van der Waals surface area (Å²) in [6.07, 6.45) is -9.01. The number of ether oxygens (including phenoxy) is 3. The van der Waals surface area contributed by atoms with E-state index in [2.05, 4.69) is 0 Å². The van der Waals surface area contributed by atoms with E-state index in [1.807, 2.05) is 0 Å². The first-order valence-corrected chi connectivity index (χ1v) is 9.46. The fourth-order valence-electron chi connectivity index (χ4n) is 3.54. The number of phenolic OH excluding ortho intramolecular Hbond substituents is 1. The van der Waals surface area contributed by atoms with Crippen LogP contribution in [0, 0.1) is 0 Å². The molecule has 1 saturated heterocycles. The number of hydrogen-bond acceptors (Lipinski definition) is 9. The van der Waals surface area contributed by atoms with Crippen LogP contribution in [0.2, 0.25) is 0 Å². The second-order valence-corrected chi connectivity index (χ2v) is 7.34. The van der Waals surface area contributed by atoms with Gasteiger partial charge in [-0.2, -0.15) is 0 Å². The van der Waals surface area contributed by atoms with Gasteiger partial charge in [0.15, 0.2) is 11.9 Å². The Morgan fingerprint density at radius 2 is 1.71 bits per heavy atom. The quantitative estimate of drug-likeness (QED) is 0.456. The number of hydrogen-bond donors (Lipinski definition) is 5. The summed E-state index contributed by atoms with van der Waals surface area (Å²) in [5.41, 5.74) is 1.05. The van der Waals surface area contributed by atoms with Gasteiger partial charge in [-0.3, -0.25) is 4.79 Å². The number of carbonyl (C=O) groups excluding carboxylic acids is 1. The number of carboxylic acids is 1. The Bertz CT molecular complexity index is 988. The third-order valence-electron chi connectivity index (χ3n) is 5.22. The predicted molar refractivity (Wildman–Crippen MR) is 102 cm³/mol. The van der Waals surface area contributed by atoms with E-state index in [-0.39, 0.29) is 29.5 Å². The zero-order chi connectivity index (χ0) is 22.3. The largest absolute Gasteiger partial charge is 0.508 e. The fourth-order valence-corrected chi connectivity index (χ4v) is 3.54. The Kier molecular flexibility index (Phi) is 5.54. The topological polar surface area (TPSA) is 163 Å². The molecule has 0 bridgehead atoms. The highest BCUT2D eigenvalue weighted by molar-refractivity contribution is 6.00. The van der Waals surface area contributed by atoms with Gasteiger partial charge in [-0.05, 0) is 29.8 Å². The van der Waals surface area contributed by atoms with Gasteiger partial charge in [0.05, 0.1) is 12.0 Å². The average molecular weight is 432 g/mol. The van der Waals surface area contributed by atoms with Gasteiger partial charge < -0.3 is 39.7 Å². The Morgan fingerprint density at radius 1 is 1.00 bits per heavy atom. The van der Waals surface area contributed by atoms with E-state index in [0.717, 1.165) is 0 Å². The molecule has 4 rings (SSSR count). The summed E-state index contributed by atoms with van der Waals surface area (Å²) in [5.74, 6) is -1.17. The number of ketones is 1. The molecule has 1 fully saturated rings. The zero-order valence-corrected chi connectivity index (χ0v) is 16.0. The second-order valence-electron chi connectivity index (χ2n) is 7.34. The number of benzene rings is 2. The molecule has 5 N–H and O–H groups in total. The Balaban J connectivity index is 1.47. The van der Waals surface area contributed by atoms with E-state index in [1.165, 1.54) is 30.3 Å². The van der Waals surface area contributed by atoms with E-state index in [4.69, 9.17) is 19.3 Å². The third kappa shape index (κ3) is 4.06. The lowest BCUT2D eigenvalue weighted by Gasteiger charge is -2.38. The first-order valence-electron chi connectivity index (χ1n) is 9.46. The van der Waals surface area contributed by atoms with Crippen molar-refractivity contribution >= 4 is 11.8 Å². The van der Waals surface area contributed by atoms with E-state index in [9.17, 15) is 30.0 Å². The van der Waals surface area contributed by atoms with Crippen LogP contribution in [0.25, 0.3) is 0 Å². The van der Waals surface area contributed by atoms with Gasteiger partial charge in [0, 0.05) is 6.07 Å². The molecule has 2 heterocycles. The molecule has 10 heteroatoms. The van der Waals surface area contributed by atoms with Crippen molar-refractivity contribution in [3.05, 3.63) is 53.6 Å². The van der Waals surface area contributed by atoms with E-state index < -0.39 is 42.8 Å². The molecular weight excluding hydrogens is 412 g/mol. The molecule has 10 nitrogen and oxygen atoms in total. The molecule has 0 radical (unpaired) electrons. The predicted octanol–water partition coefficient (Wildman–Crippen LogP) is 0.370. The first kappa shape index (κ1) is 21.1. The van der Waals surface area contributed by atoms with Crippen molar-refractivity contribution in [2.75, 3.05) is 0 Å². The number of aliphatic carboxylic acids is 1. The molecule has 164 valence electrons. The lowest BCUT2D eigenvalue weighted by atomic mass is 9.96. The Labute approximate surface area is 175 Å². The maximum atomic E-state index is 12.4. The number of aliphatic hydroxyl groups excluding tert-OH is 3. The van der Waals surface area contributed by atoms with Gasteiger partial charge in [0.25, 0.3) is 0 Å². The highest BCUT2D eigenvalue weighted by Gasteiger charge is 2.48. The average Bonchev–Trinajstić information content (AvgIpc) is 2.74. The molecule has 2 aliphatic rings. The summed E-state index contributed by atoms with van der Waals surface area (Å²) in [5, 5.41) is 48.3. The monoisotopic (exact) mass is 432 g/mol. The minimum absolute atomic E-state index is 0.0195. The molecule has 6 atom stereocenters. The second kappa shape index (κ2) is 8.16. The van der Waals surface area contributed by atoms with Crippen LogP contribution < -0.4 is 9.47 Å². The smallest absolute Gasteiger partial charge is 0.335 e. The molecule has 31 heavy (non-hydrogen) atoms. The van der Waals surface area contributed by atoms with Crippen LogP contribution in [0.3, 0.4) is 0 Å². The standard InChI is InChI=1S/C21H20O10/c22-10-3-6-12-13(23)8-14(30-15(12)7-10)9-1-4-11(5-2-9)29-21-18(26)16(24)17(25)19(31-21)20(27)28/h1-7,14,16-19,21-22,24-26H,8H2,(H,27,28)/t14?,16-,17-,18+,19-,21+/m0/s1. The normalized spacial score (nSPS) is 30.2. The van der Waals surface area contributed by atoms with Gasteiger partial charge in [-0.1, -0.05) is 12.1 Å². The molecule has 2 aliphatic heterocycles. The van der Waals surface area contributed by atoms with Crippen LogP contribution in [0.1, 0.15) is 28.4 Å². The maximum absolute atomic E-state index is 12.4. The van der Waals surface area contributed by atoms with E-state index in [0.29, 0.717) is 11.1 Å². The van der Waals surface area contributed by atoms with Crippen LogP contribution in [-0.2, 0) is 9.53 Å². The molecule has 0 spiro atoms. The van der Waals surface area contributed by atoms with Crippen molar-refractivity contribution in [3.63, 3.8) is 0 Å². The number of rotatable bonds is 4. The van der Waals surface area contributed by atoms with Crippen LogP contribution in [-0.4, -0.2) is 68.0 Å². The molecular formula is C21H20O10. The number of phenols is 1. The van der Waals surface area contributed by atoms with Gasteiger partial charge in [-0.15, -0.1) is 0 Å². The SMILES string of the molecule is O=C1CC(c2ccc(O[C@@H]3O[C@H](C(=O)O)[C@@H](O)[C@H](O)[C@H]3O)cc2)Oc2cc(O)ccc21. The number of carboxylic acid groups (broad SMARTS) is 1. The molecule has 0 aliphatic carbocycles. The number of aromatic hydroxyl groups is 1. The van der Waals surface area contributed by atoms with Gasteiger partial charge >= 0.3 is 5.97 Å². The summed E-state index contributed by atoms with van der Waals surface area (Å²) in [6, 6.07) is 10.5. The van der Waals surface area contributed by atoms with Crippen molar-refractivity contribution in [1.82, 2.24) is 0 Å². The summed E-state index contributed by atoms with van der Waals surface area (Å²) < 4.78 is 16.4. The van der Waals surface area contributed by atoms with Crippen molar-refractivity contribution in [2.45, 2.75) is 43.2 Å². The summed E-state index contributed by atoms with van der Waals surface area (Å²) in [4.78, 5) is 23.5. The maximum Gasteiger partial charge on any atom is 0.335 e. The van der Waals surface area contributed by atoms with Crippen LogP contribution >= 0.6 is 0 Å². The third-order valence-corrected chi connectivity index (χ3v) is 5.22. The molecule has 1 unspecified atom stereocenters. The van der Waals surface area contributed by atoms with E-state index in [1.54, 1.807) is 12.1 Å². The van der Waals surface area contributed by atoms with Gasteiger partial charge in [0.1, 0.15) is 41.7 Å². The Hall–Kier alpha value is -3.18. The first-order chi connectivity index (χ1) is 14.7. The van der Waals surface area contributed by atoms with Crippen LogP contribution in [0.15, 0.2) is 42.5 Å². The fraction of sp³-hybridized carbons (Fsp3) is 0.333. The minimum Gasteiger partial charge on any atom is -0.508 e. The number of Topliss-reactive ketones (excluding diaryl/α,β-unsaturated/α-hetero) is 1.